The first-order valence-electron chi connectivity index (χ1n) is 5.88. The molecule has 0 saturated heterocycles. The third-order valence-corrected chi connectivity index (χ3v) is 2.68. The molecule has 0 radical (unpaired) electrons. The maximum Gasteiger partial charge on any atom is 0.387 e. The van der Waals surface area contributed by atoms with Gasteiger partial charge in [0.15, 0.2) is 11.6 Å². The van der Waals surface area contributed by atoms with E-state index in [0.717, 1.165) is 24.3 Å². The molecule has 0 aromatic heterocycles. The first-order valence-corrected chi connectivity index (χ1v) is 5.88. The van der Waals surface area contributed by atoms with Gasteiger partial charge in [-0.05, 0) is 24.3 Å². The van der Waals surface area contributed by atoms with Crippen LogP contribution in [-0.2, 0) is 6.54 Å². The van der Waals surface area contributed by atoms with Crippen LogP contribution in [0.1, 0.15) is 5.56 Å². The zero-order chi connectivity index (χ0) is 15.4. The van der Waals surface area contributed by atoms with Crippen molar-refractivity contribution in [3.63, 3.8) is 0 Å². The summed E-state index contributed by atoms with van der Waals surface area (Å²) in [4.78, 5) is 0. The number of hydrogen-bond donors (Lipinski definition) is 1. The van der Waals surface area contributed by atoms with E-state index in [4.69, 9.17) is 0 Å². The number of alkyl halides is 2. The minimum absolute atomic E-state index is 0.178. The third kappa shape index (κ3) is 3.84. The van der Waals surface area contributed by atoms with Crippen molar-refractivity contribution in [2.24, 2.45) is 0 Å². The van der Waals surface area contributed by atoms with E-state index in [9.17, 15) is 22.0 Å². The van der Waals surface area contributed by atoms with Crippen molar-refractivity contribution >= 4 is 5.69 Å². The predicted molar refractivity (Wildman–Crippen MR) is 66.7 cm³/mol. The van der Waals surface area contributed by atoms with Gasteiger partial charge in [-0.2, -0.15) is 8.78 Å². The molecule has 0 fully saturated rings. The number of anilines is 1. The van der Waals surface area contributed by atoms with E-state index in [-0.39, 0.29) is 17.8 Å². The van der Waals surface area contributed by atoms with Gasteiger partial charge in [-0.3, -0.25) is 0 Å². The lowest BCUT2D eigenvalue weighted by Gasteiger charge is -2.10. The highest BCUT2D eigenvalue weighted by atomic mass is 19.3. The fourth-order valence-corrected chi connectivity index (χ4v) is 1.69. The van der Waals surface area contributed by atoms with Crippen LogP contribution >= 0.6 is 0 Å². The predicted octanol–water partition coefficient (Wildman–Crippen LogP) is 4.32. The summed E-state index contributed by atoms with van der Waals surface area (Å²) < 4.78 is 68.1. The SMILES string of the molecule is Fc1cc(NCc2c(F)cccc2F)ccc1OC(F)F. The number of halogens is 5. The minimum atomic E-state index is -3.13. The van der Waals surface area contributed by atoms with Crippen LogP contribution in [0.15, 0.2) is 36.4 Å². The van der Waals surface area contributed by atoms with Gasteiger partial charge in [0.2, 0.25) is 0 Å². The molecule has 2 aromatic rings. The van der Waals surface area contributed by atoms with E-state index in [1.165, 1.54) is 12.1 Å². The van der Waals surface area contributed by atoms with Gasteiger partial charge >= 0.3 is 6.61 Å². The average Bonchev–Trinajstić information content (AvgIpc) is 2.41. The fraction of sp³-hybridized carbons (Fsp3) is 0.143. The minimum Gasteiger partial charge on any atom is -0.432 e. The van der Waals surface area contributed by atoms with Gasteiger partial charge < -0.3 is 10.1 Å². The van der Waals surface area contributed by atoms with Gasteiger partial charge in [0.1, 0.15) is 11.6 Å². The van der Waals surface area contributed by atoms with Crippen molar-refractivity contribution < 1.29 is 26.7 Å². The monoisotopic (exact) mass is 303 g/mol. The number of ether oxygens (including phenoxy) is 1. The van der Waals surface area contributed by atoms with Crippen LogP contribution < -0.4 is 10.1 Å². The van der Waals surface area contributed by atoms with Crippen LogP contribution in [0.5, 0.6) is 5.75 Å². The lowest BCUT2D eigenvalue weighted by atomic mass is 10.2. The normalized spacial score (nSPS) is 10.8. The Labute approximate surface area is 117 Å². The summed E-state index contributed by atoms with van der Waals surface area (Å²) in [6, 6.07) is 6.59. The third-order valence-electron chi connectivity index (χ3n) is 2.68. The summed E-state index contributed by atoms with van der Waals surface area (Å²) in [6.45, 7) is -3.35. The molecule has 2 aromatic carbocycles. The van der Waals surface area contributed by atoms with Gasteiger partial charge in [0.25, 0.3) is 0 Å². The van der Waals surface area contributed by atoms with E-state index in [1.807, 2.05) is 0 Å². The Morgan fingerprint density at radius 3 is 2.19 bits per heavy atom. The second-order valence-corrected chi connectivity index (χ2v) is 4.08. The van der Waals surface area contributed by atoms with Crippen molar-refractivity contribution in [2.45, 2.75) is 13.2 Å². The van der Waals surface area contributed by atoms with Gasteiger partial charge in [0.05, 0.1) is 0 Å². The Bertz CT molecular complexity index is 613. The molecular weight excluding hydrogens is 293 g/mol. The molecule has 2 rings (SSSR count). The van der Waals surface area contributed by atoms with Crippen LogP contribution in [0.25, 0.3) is 0 Å². The van der Waals surface area contributed by atoms with Gasteiger partial charge in [-0.1, -0.05) is 6.07 Å². The lowest BCUT2D eigenvalue weighted by Crippen LogP contribution is -2.06. The van der Waals surface area contributed by atoms with Crippen molar-refractivity contribution in [3.8, 4) is 5.75 Å². The van der Waals surface area contributed by atoms with Crippen LogP contribution in [0, 0.1) is 17.5 Å². The van der Waals surface area contributed by atoms with E-state index >= 15 is 0 Å². The van der Waals surface area contributed by atoms with E-state index < -0.39 is 29.8 Å². The van der Waals surface area contributed by atoms with Crippen molar-refractivity contribution in [1.29, 1.82) is 0 Å². The molecule has 21 heavy (non-hydrogen) atoms. The summed E-state index contributed by atoms with van der Waals surface area (Å²) in [6.07, 6.45) is 0. The van der Waals surface area contributed by atoms with Crippen molar-refractivity contribution in [1.82, 2.24) is 0 Å². The highest BCUT2D eigenvalue weighted by Gasteiger charge is 2.11. The van der Waals surface area contributed by atoms with Crippen LogP contribution in [0.4, 0.5) is 27.6 Å². The summed E-state index contributed by atoms with van der Waals surface area (Å²) in [7, 11) is 0. The lowest BCUT2D eigenvalue weighted by molar-refractivity contribution is -0.0521. The van der Waals surface area contributed by atoms with Crippen LogP contribution in [0.2, 0.25) is 0 Å². The Morgan fingerprint density at radius 2 is 1.62 bits per heavy atom. The second-order valence-electron chi connectivity index (χ2n) is 4.08. The number of rotatable bonds is 5. The smallest absolute Gasteiger partial charge is 0.387 e. The molecule has 0 aliphatic heterocycles. The maximum atomic E-state index is 13.4. The number of hydrogen-bond acceptors (Lipinski definition) is 2. The van der Waals surface area contributed by atoms with Crippen LogP contribution in [0.3, 0.4) is 0 Å². The molecular formula is C14H10F5NO. The summed E-state index contributed by atoms with van der Waals surface area (Å²) in [5.74, 6) is -3.08. The fourth-order valence-electron chi connectivity index (χ4n) is 1.69. The Morgan fingerprint density at radius 1 is 0.952 bits per heavy atom. The molecule has 0 amide bonds. The molecule has 0 heterocycles. The summed E-state index contributed by atoms with van der Waals surface area (Å²) >= 11 is 0. The zero-order valence-electron chi connectivity index (χ0n) is 10.5. The van der Waals surface area contributed by atoms with Crippen molar-refractivity contribution in [2.75, 3.05) is 5.32 Å². The second kappa shape index (κ2) is 6.43. The largest absolute Gasteiger partial charge is 0.432 e. The van der Waals surface area contributed by atoms with Crippen LogP contribution in [-0.4, -0.2) is 6.61 Å². The molecule has 1 N–H and O–H groups in total. The Kier molecular flexibility index (Phi) is 4.62. The molecule has 7 heteroatoms. The maximum absolute atomic E-state index is 13.4. The highest BCUT2D eigenvalue weighted by molar-refractivity contribution is 5.47. The molecule has 0 bridgehead atoms. The molecule has 2 nitrogen and oxygen atoms in total. The van der Waals surface area contributed by atoms with E-state index in [2.05, 4.69) is 10.1 Å². The zero-order valence-corrected chi connectivity index (χ0v) is 10.5. The summed E-state index contributed by atoms with van der Waals surface area (Å²) in [5.41, 5.74) is -0.0254. The first kappa shape index (κ1) is 15.1. The first-order chi connectivity index (χ1) is 9.97. The standard InChI is InChI=1S/C14H10F5NO/c15-10-2-1-3-11(16)9(10)7-20-8-4-5-13(12(17)6-8)21-14(18)19/h1-6,14,20H,7H2. The Hall–Kier alpha value is -2.31. The van der Waals surface area contributed by atoms with E-state index in [1.54, 1.807) is 0 Å². The quantitative estimate of drug-likeness (QED) is 0.831. The van der Waals surface area contributed by atoms with E-state index in [0.29, 0.717) is 0 Å². The topological polar surface area (TPSA) is 21.3 Å². The molecule has 112 valence electrons. The molecule has 0 spiro atoms. The van der Waals surface area contributed by atoms with Crippen molar-refractivity contribution in [3.05, 3.63) is 59.4 Å². The average molecular weight is 303 g/mol. The highest BCUT2D eigenvalue weighted by Crippen LogP contribution is 2.23. The molecule has 0 saturated carbocycles. The molecule has 0 unspecified atom stereocenters. The summed E-state index contributed by atoms with van der Waals surface area (Å²) in [5, 5.41) is 2.60. The Balaban J connectivity index is 2.09. The van der Waals surface area contributed by atoms with Gasteiger partial charge in [0, 0.05) is 23.9 Å². The molecule has 0 aliphatic carbocycles. The van der Waals surface area contributed by atoms with Gasteiger partial charge in [-0.15, -0.1) is 0 Å². The number of benzene rings is 2. The molecule has 0 aliphatic rings. The van der Waals surface area contributed by atoms with Gasteiger partial charge in [-0.25, -0.2) is 13.2 Å². The number of nitrogens with one attached hydrogen (secondary N) is 1. The molecule has 0 atom stereocenters.